The summed E-state index contributed by atoms with van der Waals surface area (Å²) in [6, 6.07) is 21.5. The lowest BCUT2D eigenvalue weighted by Gasteiger charge is -2.11. The average Bonchev–Trinajstić information content (AvgIpc) is 3.15. The van der Waals surface area contributed by atoms with Gasteiger partial charge < -0.3 is 15.2 Å². The Morgan fingerprint density at radius 1 is 0.879 bits per heavy atom. The van der Waals surface area contributed by atoms with Crippen LogP contribution in [0.25, 0.3) is 11.0 Å². The lowest BCUT2D eigenvalue weighted by molar-refractivity contribution is -0.116. The fraction of sp³-hybridized carbons (Fsp3) is 0.160. The number of hydrogen-bond acceptors (Lipinski definition) is 3. The number of nitrogens with one attached hydrogen (secondary N) is 2. The van der Waals surface area contributed by atoms with Crippen molar-refractivity contribution in [3.8, 4) is 0 Å². The lowest BCUT2D eigenvalue weighted by Crippen LogP contribution is -2.25. The third-order valence-electron chi connectivity index (χ3n) is 5.13. The summed E-state index contributed by atoms with van der Waals surface area (Å²) in [5.74, 6) is 0.489. The number of carbonyl (C=O) groups excluding carboxylic acids is 2. The maximum absolute atomic E-state index is 12.7. The highest BCUT2D eigenvalue weighted by Crippen LogP contribution is 2.18. The summed E-state index contributed by atoms with van der Waals surface area (Å²) in [6.45, 7) is 0.622. The van der Waals surface area contributed by atoms with Crippen molar-refractivity contribution in [2.45, 2.75) is 19.4 Å². The highest BCUT2D eigenvalue weighted by atomic mass is 35.5. The van der Waals surface area contributed by atoms with Crippen molar-refractivity contribution in [1.29, 1.82) is 0 Å². The Morgan fingerprint density at radius 2 is 1.55 bits per heavy atom. The number of hydrogen-bond donors (Lipinski definition) is 2. The molecule has 2 N–H and O–H groups in total. The number of nitrogens with zero attached hydrogens (tertiary/aromatic N) is 2. The second-order valence-electron chi connectivity index (χ2n) is 7.52. The van der Waals surface area contributed by atoms with E-state index in [1.807, 2.05) is 28.8 Å². The second kappa shape index (κ2) is 10.5. The van der Waals surface area contributed by atoms with E-state index >= 15 is 0 Å². The first kappa shape index (κ1) is 22.8. The molecule has 0 bridgehead atoms. The molecule has 0 fully saturated rings. The van der Waals surface area contributed by atoms with Crippen LogP contribution >= 0.6 is 23.2 Å². The molecule has 0 atom stereocenters. The number of imidazole rings is 1. The van der Waals surface area contributed by atoms with Crippen LogP contribution in [0.15, 0.2) is 72.8 Å². The molecule has 8 heteroatoms. The first-order valence-corrected chi connectivity index (χ1v) is 11.3. The molecule has 6 nitrogen and oxygen atoms in total. The Bertz CT molecular complexity index is 1270. The van der Waals surface area contributed by atoms with Gasteiger partial charge in [0.1, 0.15) is 12.4 Å². The summed E-state index contributed by atoms with van der Waals surface area (Å²) >= 11 is 11.8. The number of anilines is 1. The standard InChI is InChI=1S/C25H22Cl2N4O2/c26-18-9-7-17(8-10-18)25(33)28-15-3-6-23-30-21-4-1-2-5-22(21)31(23)16-24(32)29-20-13-11-19(27)12-14-20/h1-2,4-5,7-14H,3,6,15-16H2,(H,28,33)(H,29,32). The van der Waals surface area contributed by atoms with Gasteiger partial charge in [0.2, 0.25) is 5.91 Å². The van der Waals surface area contributed by atoms with Gasteiger partial charge in [0.05, 0.1) is 11.0 Å². The first-order chi connectivity index (χ1) is 16.0. The van der Waals surface area contributed by atoms with Crippen molar-refractivity contribution in [1.82, 2.24) is 14.9 Å². The van der Waals surface area contributed by atoms with E-state index < -0.39 is 0 Å². The van der Waals surface area contributed by atoms with Crippen LogP contribution in [0.5, 0.6) is 0 Å². The van der Waals surface area contributed by atoms with Crippen molar-refractivity contribution in [3.63, 3.8) is 0 Å². The van der Waals surface area contributed by atoms with Gasteiger partial charge >= 0.3 is 0 Å². The summed E-state index contributed by atoms with van der Waals surface area (Å²) in [7, 11) is 0. The summed E-state index contributed by atoms with van der Waals surface area (Å²) in [6.07, 6.45) is 1.30. The zero-order chi connectivity index (χ0) is 23.2. The Balaban J connectivity index is 1.40. The summed E-state index contributed by atoms with van der Waals surface area (Å²) in [5.41, 5.74) is 2.96. The van der Waals surface area contributed by atoms with Crippen molar-refractivity contribution in [2.75, 3.05) is 11.9 Å². The van der Waals surface area contributed by atoms with Crippen LogP contribution in [0.1, 0.15) is 22.6 Å². The molecule has 2 amide bonds. The number of fused-ring (bicyclic) bond motifs is 1. The molecule has 0 unspecified atom stereocenters. The molecule has 1 aromatic heterocycles. The van der Waals surface area contributed by atoms with Gasteiger partial charge in [0.25, 0.3) is 5.91 Å². The fourth-order valence-corrected chi connectivity index (χ4v) is 3.77. The van der Waals surface area contributed by atoms with Crippen LogP contribution in [-0.4, -0.2) is 27.9 Å². The fourth-order valence-electron chi connectivity index (χ4n) is 3.52. The molecule has 1 heterocycles. The van der Waals surface area contributed by atoms with Crippen molar-refractivity contribution in [2.24, 2.45) is 0 Å². The Kier molecular flexibility index (Phi) is 7.27. The Hall–Kier alpha value is -3.35. The van der Waals surface area contributed by atoms with E-state index in [4.69, 9.17) is 28.2 Å². The average molecular weight is 481 g/mol. The molecule has 3 aromatic carbocycles. The van der Waals surface area contributed by atoms with E-state index in [1.165, 1.54) is 0 Å². The summed E-state index contributed by atoms with van der Waals surface area (Å²) < 4.78 is 1.92. The molecule has 0 aliphatic carbocycles. The Labute approximate surface area is 201 Å². The van der Waals surface area contributed by atoms with Crippen LogP contribution in [0.4, 0.5) is 5.69 Å². The molecule has 0 saturated heterocycles. The van der Waals surface area contributed by atoms with Gasteiger partial charge in [-0.3, -0.25) is 9.59 Å². The van der Waals surface area contributed by atoms with Crippen LogP contribution in [0, 0.1) is 0 Å². The van der Waals surface area contributed by atoms with E-state index in [9.17, 15) is 9.59 Å². The molecule has 168 valence electrons. The highest BCUT2D eigenvalue weighted by Gasteiger charge is 2.14. The SMILES string of the molecule is O=C(Cn1c(CCCNC(=O)c2ccc(Cl)cc2)nc2ccccc21)Nc1ccc(Cl)cc1. The van der Waals surface area contributed by atoms with Crippen LogP contribution in [0.2, 0.25) is 10.0 Å². The van der Waals surface area contributed by atoms with Crippen LogP contribution in [0.3, 0.4) is 0 Å². The largest absolute Gasteiger partial charge is 0.352 e. The first-order valence-electron chi connectivity index (χ1n) is 10.5. The van der Waals surface area contributed by atoms with Gasteiger partial charge in [-0.15, -0.1) is 0 Å². The molecular weight excluding hydrogens is 459 g/mol. The molecule has 4 rings (SSSR count). The van der Waals surface area contributed by atoms with Gasteiger partial charge in [-0.2, -0.15) is 0 Å². The van der Waals surface area contributed by atoms with Crippen molar-refractivity contribution >= 4 is 51.7 Å². The molecule has 0 spiro atoms. The minimum atomic E-state index is -0.155. The van der Waals surface area contributed by atoms with Gasteiger partial charge in [-0.05, 0) is 67.1 Å². The third kappa shape index (κ3) is 5.92. The molecule has 0 aliphatic heterocycles. The van der Waals surface area contributed by atoms with E-state index in [0.29, 0.717) is 40.7 Å². The second-order valence-corrected chi connectivity index (χ2v) is 8.40. The number of aryl methyl sites for hydroxylation is 1. The van der Waals surface area contributed by atoms with Crippen LogP contribution in [-0.2, 0) is 17.8 Å². The van der Waals surface area contributed by atoms with Gasteiger partial charge in [0.15, 0.2) is 0 Å². The maximum Gasteiger partial charge on any atom is 0.251 e. The van der Waals surface area contributed by atoms with E-state index in [1.54, 1.807) is 48.5 Å². The molecule has 33 heavy (non-hydrogen) atoms. The smallest absolute Gasteiger partial charge is 0.251 e. The number of carbonyl (C=O) groups is 2. The quantitative estimate of drug-likeness (QED) is 0.334. The van der Waals surface area contributed by atoms with Crippen LogP contribution < -0.4 is 10.6 Å². The van der Waals surface area contributed by atoms with Gasteiger partial charge in [-0.1, -0.05) is 35.3 Å². The normalized spacial score (nSPS) is 10.8. The lowest BCUT2D eigenvalue weighted by atomic mass is 10.2. The third-order valence-corrected chi connectivity index (χ3v) is 5.64. The number of halogens is 2. The number of para-hydroxylation sites is 2. The summed E-state index contributed by atoms with van der Waals surface area (Å²) in [4.78, 5) is 29.7. The molecule has 0 radical (unpaired) electrons. The number of aromatic nitrogens is 2. The Morgan fingerprint density at radius 3 is 2.27 bits per heavy atom. The minimum absolute atomic E-state index is 0.135. The topological polar surface area (TPSA) is 76.0 Å². The maximum atomic E-state index is 12.7. The van der Waals surface area contributed by atoms with Gasteiger partial charge in [0, 0.05) is 34.3 Å². The number of benzene rings is 3. The molecule has 0 saturated carbocycles. The monoisotopic (exact) mass is 480 g/mol. The minimum Gasteiger partial charge on any atom is -0.352 e. The number of amides is 2. The van der Waals surface area contributed by atoms with Gasteiger partial charge in [-0.25, -0.2) is 4.98 Å². The molecular formula is C25H22Cl2N4O2. The predicted octanol–water partition coefficient (Wildman–Crippen LogP) is 5.34. The van der Waals surface area contributed by atoms with E-state index in [2.05, 4.69) is 10.6 Å². The predicted molar refractivity (Wildman–Crippen MR) is 132 cm³/mol. The van der Waals surface area contributed by atoms with Crippen molar-refractivity contribution in [3.05, 3.63) is 94.2 Å². The molecule has 0 aliphatic rings. The summed E-state index contributed by atoms with van der Waals surface area (Å²) in [5, 5.41) is 7.00. The highest BCUT2D eigenvalue weighted by molar-refractivity contribution is 6.31. The van der Waals surface area contributed by atoms with E-state index in [0.717, 1.165) is 16.9 Å². The van der Waals surface area contributed by atoms with E-state index in [-0.39, 0.29) is 18.4 Å². The zero-order valence-electron chi connectivity index (χ0n) is 17.7. The molecule has 4 aromatic rings. The number of rotatable bonds is 8. The van der Waals surface area contributed by atoms with Crippen molar-refractivity contribution < 1.29 is 9.59 Å². The zero-order valence-corrected chi connectivity index (χ0v) is 19.2.